The number of nitriles is 1. The summed E-state index contributed by atoms with van der Waals surface area (Å²) in [6, 6.07) is 12.5. The molecule has 0 spiro atoms. The first-order valence-electron chi connectivity index (χ1n) is 6.99. The first-order chi connectivity index (χ1) is 10.1. The molecule has 0 aliphatic heterocycles. The van der Waals surface area contributed by atoms with Gasteiger partial charge < -0.3 is 14.6 Å². The fraction of sp³-hybridized carbons (Fsp3) is 0.353. The van der Waals surface area contributed by atoms with Gasteiger partial charge in [0.2, 0.25) is 0 Å². The Morgan fingerprint density at radius 3 is 2.52 bits per heavy atom. The van der Waals surface area contributed by atoms with E-state index in [4.69, 9.17) is 10.00 Å². The Morgan fingerprint density at radius 1 is 1.33 bits per heavy atom. The SMILES string of the molecule is COc1ccc(C(C)NCc2cc(C#N)n(C)c2C)cc1. The van der Waals surface area contributed by atoms with Crippen molar-refractivity contribution in [2.45, 2.75) is 26.4 Å². The van der Waals surface area contributed by atoms with E-state index in [1.807, 2.05) is 36.7 Å². The molecule has 2 aromatic rings. The zero-order valence-corrected chi connectivity index (χ0v) is 13.0. The molecular weight excluding hydrogens is 262 g/mol. The highest BCUT2D eigenvalue weighted by Crippen LogP contribution is 2.19. The van der Waals surface area contributed by atoms with Crippen LogP contribution in [0.3, 0.4) is 0 Å². The second-order valence-electron chi connectivity index (χ2n) is 5.19. The predicted molar refractivity (Wildman–Crippen MR) is 83.1 cm³/mol. The molecule has 110 valence electrons. The number of methoxy groups -OCH3 is 1. The van der Waals surface area contributed by atoms with Gasteiger partial charge in [0.15, 0.2) is 0 Å². The van der Waals surface area contributed by atoms with E-state index in [0.717, 1.165) is 23.6 Å². The maximum absolute atomic E-state index is 9.06. The maximum Gasteiger partial charge on any atom is 0.120 e. The van der Waals surface area contributed by atoms with E-state index in [0.29, 0.717) is 5.69 Å². The third kappa shape index (κ3) is 3.26. The molecule has 0 saturated carbocycles. The Labute approximate surface area is 126 Å². The van der Waals surface area contributed by atoms with E-state index < -0.39 is 0 Å². The van der Waals surface area contributed by atoms with Crippen LogP contribution in [0.1, 0.15) is 35.5 Å². The molecule has 4 heteroatoms. The summed E-state index contributed by atoms with van der Waals surface area (Å²) in [5.41, 5.74) is 4.20. The van der Waals surface area contributed by atoms with Gasteiger partial charge in [-0.3, -0.25) is 0 Å². The summed E-state index contributed by atoms with van der Waals surface area (Å²) in [7, 11) is 3.59. The van der Waals surface area contributed by atoms with Gasteiger partial charge in [0, 0.05) is 25.3 Å². The van der Waals surface area contributed by atoms with Crippen LogP contribution in [0.2, 0.25) is 0 Å². The van der Waals surface area contributed by atoms with Crippen LogP contribution in [-0.2, 0) is 13.6 Å². The lowest BCUT2D eigenvalue weighted by Gasteiger charge is -2.15. The van der Waals surface area contributed by atoms with Gasteiger partial charge in [0.05, 0.1) is 7.11 Å². The highest BCUT2D eigenvalue weighted by Gasteiger charge is 2.10. The van der Waals surface area contributed by atoms with Crippen molar-refractivity contribution < 1.29 is 4.74 Å². The molecule has 0 radical (unpaired) electrons. The normalized spacial score (nSPS) is 12.0. The maximum atomic E-state index is 9.06. The quantitative estimate of drug-likeness (QED) is 0.917. The Balaban J connectivity index is 2.03. The fourth-order valence-electron chi connectivity index (χ4n) is 2.32. The smallest absolute Gasteiger partial charge is 0.120 e. The van der Waals surface area contributed by atoms with Crippen LogP contribution in [0.5, 0.6) is 5.75 Å². The Kier molecular flexibility index (Phi) is 4.66. The van der Waals surface area contributed by atoms with Gasteiger partial charge in [-0.05, 0) is 43.2 Å². The molecule has 0 aliphatic rings. The molecule has 0 saturated heterocycles. The molecular formula is C17H21N3O. The average Bonchev–Trinajstić information content (AvgIpc) is 2.80. The highest BCUT2D eigenvalue weighted by atomic mass is 16.5. The van der Waals surface area contributed by atoms with Gasteiger partial charge in [-0.25, -0.2) is 0 Å². The Morgan fingerprint density at radius 2 is 2.00 bits per heavy atom. The van der Waals surface area contributed by atoms with Crippen molar-refractivity contribution in [2.24, 2.45) is 7.05 Å². The van der Waals surface area contributed by atoms with Crippen LogP contribution in [0, 0.1) is 18.3 Å². The monoisotopic (exact) mass is 283 g/mol. The van der Waals surface area contributed by atoms with E-state index in [2.05, 4.69) is 30.4 Å². The first kappa shape index (κ1) is 15.1. The van der Waals surface area contributed by atoms with Crippen LogP contribution in [-0.4, -0.2) is 11.7 Å². The summed E-state index contributed by atoms with van der Waals surface area (Å²) in [5.74, 6) is 0.864. The minimum atomic E-state index is 0.237. The number of rotatable bonds is 5. The minimum absolute atomic E-state index is 0.237. The van der Waals surface area contributed by atoms with Crippen molar-refractivity contribution in [2.75, 3.05) is 7.11 Å². The van der Waals surface area contributed by atoms with Crippen LogP contribution in [0.25, 0.3) is 0 Å². The van der Waals surface area contributed by atoms with Gasteiger partial charge in [0.25, 0.3) is 0 Å². The molecule has 4 nitrogen and oxygen atoms in total. The number of hydrogen-bond donors (Lipinski definition) is 1. The van der Waals surface area contributed by atoms with E-state index in [-0.39, 0.29) is 6.04 Å². The third-order valence-corrected chi connectivity index (χ3v) is 3.97. The number of hydrogen-bond acceptors (Lipinski definition) is 3. The van der Waals surface area contributed by atoms with Crippen molar-refractivity contribution in [3.05, 3.63) is 52.8 Å². The van der Waals surface area contributed by atoms with Crippen molar-refractivity contribution in [1.82, 2.24) is 9.88 Å². The van der Waals surface area contributed by atoms with Gasteiger partial charge in [0.1, 0.15) is 17.5 Å². The predicted octanol–water partition coefficient (Wildman–Crippen LogP) is 3.06. The summed E-state index contributed by atoms with van der Waals surface area (Å²) in [4.78, 5) is 0. The van der Waals surface area contributed by atoms with E-state index in [1.165, 1.54) is 5.56 Å². The molecule has 0 aliphatic carbocycles. The molecule has 1 aromatic heterocycles. The molecule has 0 fully saturated rings. The molecule has 1 unspecified atom stereocenters. The van der Waals surface area contributed by atoms with Crippen molar-refractivity contribution in [3.63, 3.8) is 0 Å². The molecule has 2 rings (SSSR count). The van der Waals surface area contributed by atoms with Gasteiger partial charge in [-0.15, -0.1) is 0 Å². The van der Waals surface area contributed by atoms with Gasteiger partial charge in [-0.1, -0.05) is 12.1 Å². The third-order valence-electron chi connectivity index (χ3n) is 3.97. The molecule has 0 amide bonds. The topological polar surface area (TPSA) is 50.0 Å². The van der Waals surface area contributed by atoms with Crippen LogP contribution >= 0.6 is 0 Å². The molecule has 1 atom stereocenters. The molecule has 0 bridgehead atoms. The lowest BCUT2D eigenvalue weighted by atomic mass is 10.1. The zero-order chi connectivity index (χ0) is 15.4. The number of nitrogens with zero attached hydrogens (tertiary/aromatic N) is 2. The summed E-state index contributed by atoms with van der Waals surface area (Å²) in [6.45, 7) is 4.91. The van der Waals surface area contributed by atoms with Crippen LogP contribution in [0.4, 0.5) is 0 Å². The summed E-state index contributed by atoms with van der Waals surface area (Å²) in [6.07, 6.45) is 0. The zero-order valence-electron chi connectivity index (χ0n) is 13.0. The average molecular weight is 283 g/mol. The summed E-state index contributed by atoms with van der Waals surface area (Å²) in [5, 5.41) is 12.6. The highest BCUT2D eigenvalue weighted by molar-refractivity contribution is 5.34. The molecule has 21 heavy (non-hydrogen) atoms. The Hall–Kier alpha value is -2.25. The number of ether oxygens (including phenoxy) is 1. The van der Waals surface area contributed by atoms with E-state index in [9.17, 15) is 0 Å². The lowest BCUT2D eigenvalue weighted by Crippen LogP contribution is -2.18. The Bertz CT molecular complexity index is 650. The molecule has 1 N–H and O–H groups in total. The van der Waals surface area contributed by atoms with Crippen LogP contribution < -0.4 is 10.1 Å². The lowest BCUT2D eigenvalue weighted by molar-refractivity contribution is 0.414. The van der Waals surface area contributed by atoms with Crippen molar-refractivity contribution >= 4 is 0 Å². The second kappa shape index (κ2) is 6.47. The van der Waals surface area contributed by atoms with E-state index >= 15 is 0 Å². The fourth-order valence-corrected chi connectivity index (χ4v) is 2.32. The summed E-state index contributed by atoms with van der Waals surface area (Å²) >= 11 is 0. The molecule has 1 heterocycles. The first-order valence-corrected chi connectivity index (χ1v) is 6.99. The van der Waals surface area contributed by atoms with Crippen molar-refractivity contribution in [1.29, 1.82) is 5.26 Å². The molecule has 1 aromatic carbocycles. The van der Waals surface area contributed by atoms with Gasteiger partial charge in [-0.2, -0.15) is 5.26 Å². The van der Waals surface area contributed by atoms with Crippen LogP contribution in [0.15, 0.2) is 30.3 Å². The minimum Gasteiger partial charge on any atom is -0.497 e. The van der Waals surface area contributed by atoms with Crippen molar-refractivity contribution in [3.8, 4) is 11.8 Å². The van der Waals surface area contributed by atoms with E-state index in [1.54, 1.807) is 7.11 Å². The second-order valence-corrected chi connectivity index (χ2v) is 5.19. The van der Waals surface area contributed by atoms with Gasteiger partial charge >= 0.3 is 0 Å². The number of nitrogens with one attached hydrogen (secondary N) is 1. The standard InChI is InChI=1S/C17H21N3O/c1-12(14-5-7-17(21-4)8-6-14)19-11-15-9-16(10-18)20(3)13(15)2/h5-9,12,19H,11H2,1-4H3. The largest absolute Gasteiger partial charge is 0.497 e. The summed E-state index contributed by atoms with van der Waals surface area (Å²) < 4.78 is 7.09. The number of aromatic nitrogens is 1. The number of benzene rings is 1.